The fourth-order valence-electron chi connectivity index (χ4n) is 2.46. The molecule has 0 spiro atoms. The second kappa shape index (κ2) is 17.8. The molecule has 1 atom stereocenters. The van der Waals surface area contributed by atoms with Gasteiger partial charge in [0, 0.05) is 69.0 Å². The SMILES string of the molecule is CC(C)(CO)CC(=O)NCCC(=O)NCCSSCCNC(=O)CCNC(=O)C(O)C(C)(C)CO. The van der Waals surface area contributed by atoms with Gasteiger partial charge in [-0.3, -0.25) is 19.2 Å². The zero-order valence-electron chi connectivity index (χ0n) is 21.1. The van der Waals surface area contributed by atoms with Crippen LogP contribution in [0.3, 0.4) is 0 Å². The van der Waals surface area contributed by atoms with Gasteiger partial charge >= 0.3 is 0 Å². The van der Waals surface area contributed by atoms with Crippen LogP contribution in [0.2, 0.25) is 0 Å². The minimum absolute atomic E-state index is 0.0835. The Bertz CT molecular complexity index is 678. The van der Waals surface area contributed by atoms with Crippen molar-refractivity contribution in [2.75, 3.05) is 50.9 Å². The van der Waals surface area contributed by atoms with Crippen LogP contribution in [0.1, 0.15) is 47.0 Å². The molecule has 1 unspecified atom stereocenters. The number of rotatable bonds is 19. The number of aliphatic hydroxyl groups excluding tert-OH is 3. The molecule has 11 nitrogen and oxygen atoms in total. The van der Waals surface area contributed by atoms with Gasteiger partial charge in [0.2, 0.25) is 23.6 Å². The van der Waals surface area contributed by atoms with Gasteiger partial charge in [0.1, 0.15) is 6.10 Å². The van der Waals surface area contributed by atoms with E-state index in [0.29, 0.717) is 24.6 Å². The molecule has 0 saturated heterocycles. The summed E-state index contributed by atoms with van der Waals surface area (Å²) in [6.45, 7) is 7.60. The summed E-state index contributed by atoms with van der Waals surface area (Å²) < 4.78 is 0. The number of carbonyl (C=O) groups is 4. The number of amides is 4. The third-order valence-corrected chi connectivity index (χ3v) is 7.30. The first-order chi connectivity index (χ1) is 16.3. The van der Waals surface area contributed by atoms with Gasteiger partial charge in [-0.1, -0.05) is 49.3 Å². The normalized spacial score (nSPS) is 12.5. The molecule has 7 N–H and O–H groups in total. The van der Waals surface area contributed by atoms with Crippen molar-refractivity contribution in [2.45, 2.75) is 53.1 Å². The van der Waals surface area contributed by atoms with Crippen LogP contribution in [0.5, 0.6) is 0 Å². The molecule has 0 heterocycles. The lowest BCUT2D eigenvalue weighted by molar-refractivity contribution is -0.137. The summed E-state index contributed by atoms with van der Waals surface area (Å²) >= 11 is 0. The van der Waals surface area contributed by atoms with E-state index >= 15 is 0 Å². The van der Waals surface area contributed by atoms with E-state index in [1.165, 1.54) is 0 Å². The third kappa shape index (κ3) is 16.7. The molecule has 0 rings (SSSR count). The van der Waals surface area contributed by atoms with E-state index < -0.39 is 22.8 Å². The van der Waals surface area contributed by atoms with E-state index in [9.17, 15) is 29.4 Å². The number of aliphatic hydroxyl groups is 3. The zero-order valence-corrected chi connectivity index (χ0v) is 22.8. The highest BCUT2D eigenvalue weighted by Crippen LogP contribution is 2.20. The van der Waals surface area contributed by atoms with Crippen molar-refractivity contribution in [1.29, 1.82) is 0 Å². The van der Waals surface area contributed by atoms with Crippen molar-refractivity contribution in [1.82, 2.24) is 21.3 Å². The fourth-order valence-corrected chi connectivity index (χ4v) is 4.28. The van der Waals surface area contributed by atoms with Crippen LogP contribution in [-0.4, -0.2) is 96.0 Å². The van der Waals surface area contributed by atoms with Crippen LogP contribution in [0.15, 0.2) is 0 Å². The largest absolute Gasteiger partial charge is 0.396 e. The molecule has 4 amide bonds. The second-order valence-electron chi connectivity index (χ2n) is 9.53. The average molecular weight is 539 g/mol. The first kappa shape index (κ1) is 33.5. The first-order valence-electron chi connectivity index (χ1n) is 11.6. The molecule has 0 aliphatic heterocycles. The Kier molecular flexibility index (Phi) is 17.0. The number of nitrogens with one attached hydrogen (secondary N) is 4. The van der Waals surface area contributed by atoms with Crippen molar-refractivity contribution in [3.63, 3.8) is 0 Å². The Morgan fingerprint density at radius 1 is 0.714 bits per heavy atom. The van der Waals surface area contributed by atoms with Gasteiger partial charge in [-0.25, -0.2) is 0 Å². The van der Waals surface area contributed by atoms with Gasteiger partial charge in [-0.05, 0) is 5.41 Å². The van der Waals surface area contributed by atoms with Crippen molar-refractivity contribution in [3.8, 4) is 0 Å². The minimum atomic E-state index is -1.36. The highest BCUT2D eigenvalue weighted by molar-refractivity contribution is 8.76. The maximum Gasteiger partial charge on any atom is 0.249 e. The molecule has 0 saturated carbocycles. The van der Waals surface area contributed by atoms with E-state index in [0.717, 1.165) is 0 Å². The molecule has 0 aliphatic rings. The average Bonchev–Trinajstić information content (AvgIpc) is 2.79. The van der Waals surface area contributed by atoms with Crippen molar-refractivity contribution in [2.24, 2.45) is 10.8 Å². The molecular weight excluding hydrogens is 496 g/mol. The molecule has 0 bridgehead atoms. The van der Waals surface area contributed by atoms with Crippen molar-refractivity contribution >= 4 is 45.2 Å². The Morgan fingerprint density at radius 2 is 1.17 bits per heavy atom. The molecule has 0 fully saturated rings. The number of carbonyl (C=O) groups excluding carboxylic acids is 4. The maximum atomic E-state index is 11.8. The van der Waals surface area contributed by atoms with E-state index in [2.05, 4.69) is 21.3 Å². The number of hydrogen-bond acceptors (Lipinski definition) is 9. The lowest BCUT2D eigenvalue weighted by Gasteiger charge is -2.27. The van der Waals surface area contributed by atoms with Gasteiger partial charge in [0.05, 0.1) is 6.61 Å². The standard InChI is InChI=1S/C22H42N4O7S2/c1-21(2,14-27)13-18(31)23-7-5-16(29)24-9-11-34-35-12-10-25-17(30)6-8-26-20(33)19(32)22(3,4)15-28/h19,27-28,32H,5-15H2,1-4H3,(H,23,31)(H,24,29)(H,25,30)(H,26,33). The Labute approximate surface area is 215 Å². The lowest BCUT2D eigenvalue weighted by atomic mass is 9.87. The monoisotopic (exact) mass is 538 g/mol. The Hall–Kier alpha value is -1.54. The van der Waals surface area contributed by atoms with Crippen molar-refractivity contribution in [3.05, 3.63) is 0 Å². The van der Waals surface area contributed by atoms with Crippen LogP contribution in [-0.2, 0) is 19.2 Å². The zero-order chi connectivity index (χ0) is 26.9. The van der Waals surface area contributed by atoms with Crippen LogP contribution in [0, 0.1) is 10.8 Å². The summed E-state index contributed by atoms with van der Waals surface area (Å²) in [5.41, 5.74) is -1.44. The van der Waals surface area contributed by atoms with Crippen LogP contribution in [0.4, 0.5) is 0 Å². The topological polar surface area (TPSA) is 177 Å². The summed E-state index contributed by atoms with van der Waals surface area (Å²) in [6.07, 6.45) is -0.885. The number of hydrogen-bond donors (Lipinski definition) is 7. The van der Waals surface area contributed by atoms with Gasteiger partial charge in [-0.15, -0.1) is 0 Å². The molecule has 13 heteroatoms. The predicted molar refractivity (Wildman–Crippen MR) is 139 cm³/mol. The molecule has 0 aromatic carbocycles. The van der Waals surface area contributed by atoms with Gasteiger partial charge in [0.15, 0.2) is 0 Å². The van der Waals surface area contributed by atoms with Crippen LogP contribution in [0.25, 0.3) is 0 Å². The minimum Gasteiger partial charge on any atom is -0.396 e. The van der Waals surface area contributed by atoms with E-state index in [1.807, 2.05) is 0 Å². The molecule has 204 valence electrons. The Morgan fingerprint density at radius 3 is 1.63 bits per heavy atom. The van der Waals surface area contributed by atoms with E-state index in [1.54, 1.807) is 49.3 Å². The van der Waals surface area contributed by atoms with Gasteiger partial charge in [0.25, 0.3) is 0 Å². The lowest BCUT2D eigenvalue weighted by Crippen LogP contribution is -2.46. The molecule has 0 aliphatic carbocycles. The highest BCUT2D eigenvalue weighted by Gasteiger charge is 2.32. The smallest absolute Gasteiger partial charge is 0.249 e. The predicted octanol–water partition coefficient (Wildman–Crippen LogP) is -0.599. The highest BCUT2D eigenvalue weighted by atomic mass is 33.1. The molecule has 35 heavy (non-hydrogen) atoms. The summed E-state index contributed by atoms with van der Waals surface area (Å²) in [5, 5.41) is 38.9. The van der Waals surface area contributed by atoms with E-state index in [-0.39, 0.29) is 63.3 Å². The Balaban J connectivity index is 3.68. The maximum absolute atomic E-state index is 11.8. The van der Waals surface area contributed by atoms with Gasteiger partial charge in [-0.2, -0.15) is 0 Å². The summed E-state index contributed by atoms with van der Waals surface area (Å²) in [7, 11) is 3.13. The second-order valence-corrected chi connectivity index (χ2v) is 12.2. The molecular formula is C22H42N4O7S2. The van der Waals surface area contributed by atoms with Gasteiger partial charge < -0.3 is 36.6 Å². The van der Waals surface area contributed by atoms with Crippen molar-refractivity contribution < 1.29 is 34.5 Å². The molecule has 0 aromatic rings. The quantitative estimate of drug-likeness (QED) is 0.0836. The third-order valence-electron chi connectivity index (χ3n) is 4.89. The summed E-state index contributed by atoms with van der Waals surface area (Å²) in [5.74, 6) is 0.190. The molecule has 0 radical (unpaired) electrons. The van der Waals surface area contributed by atoms with Crippen LogP contribution < -0.4 is 21.3 Å². The van der Waals surface area contributed by atoms with Crippen LogP contribution >= 0.6 is 21.6 Å². The van der Waals surface area contributed by atoms with E-state index in [4.69, 9.17) is 5.11 Å². The summed E-state index contributed by atoms with van der Waals surface area (Å²) in [4.78, 5) is 47.2. The summed E-state index contributed by atoms with van der Waals surface area (Å²) in [6, 6.07) is 0. The first-order valence-corrected chi connectivity index (χ1v) is 14.1. The molecule has 0 aromatic heterocycles. The fraction of sp³-hybridized carbons (Fsp3) is 0.818.